The van der Waals surface area contributed by atoms with Crippen molar-refractivity contribution in [2.75, 3.05) is 13.2 Å². The normalized spacial score (nSPS) is 12.6. The Bertz CT molecular complexity index is 620. The number of esters is 1. The number of rotatable bonds is 14. The zero-order chi connectivity index (χ0) is 22.1. The van der Waals surface area contributed by atoms with Gasteiger partial charge in [0.25, 0.3) is 0 Å². The fraction of sp³-hybridized carbons (Fsp3) is 0.600. The van der Waals surface area contributed by atoms with Crippen molar-refractivity contribution in [2.45, 2.75) is 86.5 Å². The number of carbonyl (C=O) groups is 2. The summed E-state index contributed by atoms with van der Waals surface area (Å²) >= 11 is 0. The van der Waals surface area contributed by atoms with E-state index in [0.717, 1.165) is 50.5 Å². The maximum atomic E-state index is 11.8. The van der Waals surface area contributed by atoms with Crippen LogP contribution in [0.25, 0.3) is 0 Å². The highest BCUT2D eigenvalue weighted by atomic mass is 16.5. The summed E-state index contributed by atoms with van der Waals surface area (Å²) in [6.07, 6.45) is 15.4. The van der Waals surface area contributed by atoms with Crippen molar-refractivity contribution >= 4 is 11.9 Å². The molecule has 0 rings (SSSR count). The van der Waals surface area contributed by atoms with Crippen LogP contribution in [0.4, 0.5) is 0 Å². The molecule has 1 amide bonds. The Labute approximate surface area is 178 Å². The Balaban J connectivity index is 4.12. The molecule has 1 N–H and O–H groups in total. The molecule has 0 saturated carbocycles. The maximum absolute atomic E-state index is 11.8. The second-order valence-electron chi connectivity index (χ2n) is 7.93. The van der Waals surface area contributed by atoms with E-state index < -0.39 is 5.97 Å². The highest BCUT2D eigenvalue weighted by Crippen LogP contribution is 2.13. The number of amides is 1. The molecule has 0 aliphatic carbocycles. The van der Waals surface area contributed by atoms with E-state index >= 15 is 0 Å². The fourth-order valence-electron chi connectivity index (χ4n) is 2.66. The molecule has 0 bridgehead atoms. The summed E-state index contributed by atoms with van der Waals surface area (Å²) in [5.74, 6) is -0.642. The van der Waals surface area contributed by atoms with Gasteiger partial charge in [0.1, 0.15) is 6.54 Å². The number of carbonyl (C=O) groups excluding carboxylic acids is 2. The van der Waals surface area contributed by atoms with Crippen molar-refractivity contribution in [3.63, 3.8) is 0 Å². The van der Waals surface area contributed by atoms with Crippen LogP contribution in [0.2, 0.25) is 0 Å². The van der Waals surface area contributed by atoms with Crippen molar-refractivity contribution in [3.05, 3.63) is 46.6 Å². The monoisotopic (exact) mass is 403 g/mol. The highest BCUT2D eigenvalue weighted by molar-refractivity contribution is 5.90. The van der Waals surface area contributed by atoms with E-state index in [2.05, 4.69) is 51.2 Å². The molecule has 164 valence electrons. The molecule has 0 heterocycles. The number of nitrogens with one attached hydrogen (secondary N) is 1. The summed E-state index contributed by atoms with van der Waals surface area (Å²) in [5, 5.41) is 2.57. The first-order valence-electron chi connectivity index (χ1n) is 10.8. The van der Waals surface area contributed by atoms with E-state index in [9.17, 15) is 9.59 Å². The molecule has 0 radical (unpaired) electrons. The number of hydrogen-bond acceptors (Lipinski definition) is 3. The first-order valence-corrected chi connectivity index (χ1v) is 10.8. The predicted molar refractivity (Wildman–Crippen MR) is 123 cm³/mol. The van der Waals surface area contributed by atoms with Gasteiger partial charge >= 0.3 is 5.97 Å². The van der Waals surface area contributed by atoms with Crippen LogP contribution in [-0.2, 0) is 14.3 Å². The summed E-state index contributed by atoms with van der Waals surface area (Å²) < 4.78 is 4.92. The molecular formula is C25H41NO3. The van der Waals surface area contributed by atoms with Crippen molar-refractivity contribution in [1.82, 2.24) is 5.32 Å². The Kier molecular flexibility index (Phi) is 15.6. The zero-order valence-electron chi connectivity index (χ0n) is 19.4. The van der Waals surface area contributed by atoms with Gasteiger partial charge in [-0.15, -0.1) is 0 Å². The Morgan fingerprint density at radius 3 is 1.83 bits per heavy atom. The van der Waals surface area contributed by atoms with Crippen LogP contribution in [0.15, 0.2) is 46.6 Å². The smallest absolute Gasteiger partial charge is 0.325 e. The Morgan fingerprint density at radius 1 is 0.793 bits per heavy atom. The van der Waals surface area contributed by atoms with Crippen LogP contribution in [-0.4, -0.2) is 25.0 Å². The minimum atomic E-state index is -0.397. The topological polar surface area (TPSA) is 55.4 Å². The molecule has 0 aromatic rings. The molecule has 4 nitrogen and oxygen atoms in total. The van der Waals surface area contributed by atoms with E-state index in [1.54, 1.807) is 6.08 Å². The lowest BCUT2D eigenvalue weighted by Crippen LogP contribution is -2.29. The third-order valence-electron chi connectivity index (χ3n) is 4.41. The van der Waals surface area contributed by atoms with Crippen LogP contribution in [0.1, 0.15) is 86.5 Å². The molecule has 0 aliphatic heterocycles. The van der Waals surface area contributed by atoms with Crippen molar-refractivity contribution in [2.24, 2.45) is 0 Å². The lowest BCUT2D eigenvalue weighted by Gasteiger charge is -2.05. The van der Waals surface area contributed by atoms with Gasteiger partial charge < -0.3 is 10.1 Å². The maximum Gasteiger partial charge on any atom is 0.325 e. The Morgan fingerprint density at radius 2 is 1.31 bits per heavy atom. The largest absolute Gasteiger partial charge is 0.464 e. The van der Waals surface area contributed by atoms with Gasteiger partial charge in [0, 0.05) is 6.08 Å². The van der Waals surface area contributed by atoms with Crippen LogP contribution < -0.4 is 5.32 Å². The molecule has 0 aromatic heterocycles. The molecule has 0 atom stereocenters. The summed E-state index contributed by atoms with van der Waals surface area (Å²) in [6.45, 7) is 12.8. The van der Waals surface area contributed by atoms with Gasteiger partial charge in [-0.25, -0.2) is 0 Å². The van der Waals surface area contributed by atoms with Gasteiger partial charge in [-0.05, 0) is 79.6 Å². The first-order chi connectivity index (χ1) is 13.7. The number of ether oxygens (including phenoxy) is 1. The van der Waals surface area contributed by atoms with E-state index in [1.807, 2.05) is 13.8 Å². The molecule has 29 heavy (non-hydrogen) atoms. The van der Waals surface area contributed by atoms with Gasteiger partial charge in [0.05, 0.1) is 6.61 Å². The van der Waals surface area contributed by atoms with Crippen molar-refractivity contribution in [3.8, 4) is 0 Å². The van der Waals surface area contributed by atoms with E-state index in [0.29, 0.717) is 6.61 Å². The lowest BCUT2D eigenvalue weighted by molar-refractivity contribution is -0.143. The molecule has 4 heteroatoms. The van der Waals surface area contributed by atoms with Gasteiger partial charge in [0.15, 0.2) is 0 Å². The molecule has 0 aromatic carbocycles. The molecule has 0 spiro atoms. The van der Waals surface area contributed by atoms with E-state index in [-0.39, 0.29) is 12.5 Å². The molecule has 0 aliphatic rings. The second-order valence-corrected chi connectivity index (χ2v) is 7.93. The van der Waals surface area contributed by atoms with Crippen LogP contribution in [0.3, 0.4) is 0 Å². The average Bonchev–Trinajstić information content (AvgIpc) is 2.64. The number of allylic oxidation sites excluding steroid dienone is 7. The summed E-state index contributed by atoms with van der Waals surface area (Å²) in [6, 6.07) is 0. The van der Waals surface area contributed by atoms with Gasteiger partial charge in [-0.1, -0.05) is 47.4 Å². The predicted octanol–water partition coefficient (Wildman–Crippen LogP) is 6.20. The minimum absolute atomic E-state index is 0.0805. The summed E-state index contributed by atoms with van der Waals surface area (Å²) in [5.41, 5.74) is 5.23. The van der Waals surface area contributed by atoms with Crippen LogP contribution in [0, 0.1) is 0 Å². The van der Waals surface area contributed by atoms with E-state index in [1.165, 1.54) is 16.7 Å². The van der Waals surface area contributed by atoms with E-state index in [4.69, 9.17) is 4.74 Å². The fourth-order valence-corrected chi connectivity index (χ4v) is 2.66. The van der Waals surface area contributed by atoms with Crippen LogP contribution >= 0.6 is 0 Å². The summed E-state index contributed by atoms with van der Waals surface area (Å²) in [7, 11) is 0. The third kappa shape index (κ3) is 17.7. The summed E-state index contributed by atoms with van der Waals surface area (Å²) in [4.78, 5) is 23.2. The quantitative estimate of drug-likeness (QED) is 0.213. The SMILES string of the molecule is CCCOC(=O)CNC(=O)C=C(C)CCC=C(C)CCC=C(C)CCC=C(C)C. The molecule has 0 fully saturated rings. The van der Waals surface area contributed by atoms with Crippen molar-refractivity contribution in [1.29, 1.82) is 0 Å². The third-order valence-corrected chi connectivity index (χ3v) is 4.41. The second kappa shape index (κ2) is 16.8. The first kappa shape index (κ1) is 26.9. The molecular weight excluding hydrogens is 362 g/mol. The van der Waals surface area contributed by atoms with Crippen molar-refractivity contribution < 1.29 is 14.3 Å². The van der Waals surface area contributed by atoms with Gasteiger partial charge in [-0.2, -0.15) is 0 Å². The molecule has 0 saturated heterocycles. The Hall–Kier alpha value is -2.10. The minimum Gasteiger partial charge on any atom is -0.464 e. The van der Waals surface area contributed by atoms with Gasteiger partial charge in [-0.3, -0.25) is 9.59 Å². The average molecular weight is 404 g/mol. The standard InChI is InChI=1S/C25H41NO3/c1-7-17-29-25(28)19-26-24(27)18-23(6)16-10-15-22(5)14-9-13-21(4)12-8-11-20(2)3/h11,13,15,18H,7-10,12,14,16-17,19H2,1-6H3,(H,26,27). The lowest BCUT2D eigenvalue weighted by atomic mass is 10.0. The zero-order valence-corrected chi connectivity index (χ0v) is 19.4. The molecule has 0 unspecified atom stereocenters. The van der Waals surface area contributed by atoms with Crippen LogP contribution in [0.5, 0.6) is 0 Å². The highest BCUT2D eigenvalue weighted by Gasteiger charge is 2.04. The van der Waals surface area contributed by atoms with Gasteiger partial charge in [0.2, 0.25) is 5.91 Å². The number of hydrogen-bond donors (Lipinski definition) is 1.